The summed E-state index contributed by atoms with van der Waals surface area (Å²) in [7, 11) is -2.67. The Hall–Kier alpha value is 1.43. The Labute approximate surface area is 67.1 Å². The smallest absolute Gasteiger partial charge is 0.871 e. The van der Waals surface area contributed by atoms with Crippen LogP contribution in [0.5, 0.6) is 0 Å². The van der Waals surface area contributed by atoms with Crippen molar-refractivity contribution in [1.82, 2.24) is 0 Å². The summed E-state index contributed by atoms with van der Waals surface area (Å²) >= 11 is 0. The third-order valence-electron chi connectivity index (χ3n) is 0. The fourth-order valence-corrected chi connectivity index (χ4v) is 0. The minimum Gasteiger partial charge on any atom is -0.871 e. The average Bonchev–Trinajstić information content (AvgIpc) is 0.811. The summed E-state index contributed by atoms with van der Waals surface area (Å²) in [5, 5.41) is 24.0. The largest absolute Gasteiger partial charge is 2.00 e. The predicted octanol–water partition coefficient (Wildman–Crippen LogP) is -3.70. The summed E-state index contributed by atoms with van der Waals surface area (Å²) in [5.41, 5.74) is 0. The molecule has 0 aliphatic carbocycles. The van der Waals surface area contributed by atoms with Crippen LogP contribution in [0, 0.1) is 0 Å². The van der Waals surface area contributed by atoms with Gasteiger partial charge in [-0.25, -0.2) is 0 Å². The second-order valence-corrected chi connectivity index (χ2v) is 0.307. The molecule has 1 N–H and O–H groups in total. The van der Waals surface area contributed by atoms with Gasteiger partial charge in [-0.3, -0.25) is 0 Å². The van der Waals surface area contributed by atoms with Crippen LogP contribution in [0.3, 0.4) is 0 Å². The summed E-state index contributed by atoms with van der Waals surface area (Å²) in [6.07, 6.45) is 0. The van der Waals surface area contributed by atoms with Crippen LogP contribution in [0.2, 0.25) is 0 Å². The topological polar surface area (TPSA) is 66.3 Å². The van der Waals surface area contributed by atoms with Crippen molar-refractivity contribution >= 4 is 52.8 Å². The first kappa shape index (κ1) is 9.66. The van der Waals surface area contributed by atoms with E-state index in [1.54, 1.807) is 0 Å². The van der Waals surface area contributed by atoms with Crippen LogP contribution in [0.1, 0.15) is 0 Å². The van der Waals surface area contributed by atoms with Crippen molar-refractivity contribution in [2.75, 3.05) is 0 Å². The first-order valence-electron chi connectivity index (χ1n) is 0.730. The first-order valence-corrected chi connectivity index (χ1v) is 0.730. The SMILES string of the molecule is [O-]B([O-])O.[Sr+2]. The van der Waals surface area contributed by atoms with E-state index < -0.39 is 7.32 Å². The molecule has 0 heterocycles. The summed E-state index contributed by atoms with van der Waals surface area (Å²) in [6.45, 7) is 0. The zero-order chi connectivity index (χ0) is 3.58. The molecule has 0 saturated carbocycles. The van der Waals surface area contributed by atoms with Gasteiger partial charge in [0.15, 0.2) is 0 Å². The molecular formula is HBO3Sr. The summed E-state index contributed by atoms with van der Waals surface area (Å²) < 4.78 is 0. The molecule has 24 valence electrons. The molecule has 0 radical (unpaired) electrons. The molecule has 0 aromatic carbocycles. The quantitative estimate of drug-likeness (QED) is 0.359. The summed E-state index contributed by atoms with van der Waals surface area (Å²) in [6, 6.07) is 0. The maximum absolute atomic E-state index is 8.53. The van der Waals surface area contributed by atoms with Crippen LogP contribution in [0.15, 0.2) is 0 Å². The van der Waals surface area contributed by atoms with Gasteiger partial charge in [-0.2, -0.15) is 0 Å². The molecule has 0 aromatic heterocycles. The van der Waals surface area contributed by atoms with Gasteiger partial charge < -0.3 is 15.1 Å². The van der Waals surface area contributed by atoms with Crippen LogP contribution >= 0.6 is 0 Å². The van der Waals surface area contributed by atoms with E-state index in [1.165, 1.54) is 0 Å². The first-order chi connectivity index (χ1) is 1.73. The Bertz CT molecular complexity index is 11.6. The van der Waals surface area contributed by atoms with Gasteiger partial charge in [-0.1, -0.05) is 0 Å². The molecule has 0 aromatic rings. The van der Waals surface area contributed by atoms with E-state index in [-0.39, 0.29) is 45.5 Å². The molecular weight excluding hydrogens is 146 g/mol. The maximum Gasteiger partial charge on any atom is 2.00 e. The number of rotatable bonds is 0. The Balaban J connectivity index is 0. The van der Waals surface area contributed by atoms with Crippen molar-refractivity contribution in [3.8, 4) is 0 Å². The Morgan fingerprint density at radius 1 is 1.40 bits per heavy atom. The molecule has 0 aliphatic heterocycles. The molecule has 5 heavy (non-hydrogen) atoms. The van der Waals surface area contributed by atoms with E-state index in [0.717, 1.165) is 0 Å². The maximum atomic E-state index is 8.53. The summed E-state index contributed by atoms with van der Waals surface area (Å²) in [4.78, 5) is 0. The van der Waals surface area contributed by atoms with Crippen LogP contribution in [0.4, 0.5) is 0 Å². The van der Waals surface area contributed by atoms with Gasteiger partial charge >= 0.3 is 45.5 Å². The molecule has 5 heteroatoms. The van der Waals surface area contributed by atoms with E-state index >= 15 is 0 Å². The standard InChI is InChI=1S/BHO3.Sr/c2-1(3)4;/h2H;/q-2;+2. The van der Waals surface area contributed by atoms with Gasteiger partial charge in [0.05, 0.1) is 7.32 Å². The number of hydrogen-bond donors (Lipinski definition) is 1. The van der Waals surface area contributed by atoms with E-state index in [1.807, 2.05) is 0 Å². The van der Waals surface area contributed by atoms with E-state index in [4.69, 9.17) is 15.1 Å². The van der Waals surface area contributed by atoms with Crippen molar-refractivity contribution in [2.45, 2.75) is 0 Å². The summed E-state index contributed by atoms with van der Waals surface area (Å²) in [5.74, 6) is 0. The van der Waals surface area contributed by atoms with E-state index in [9.17, 15) is 0 Å². The molecule has 0 bridgehead atoms. The van der Waals surface area contributed by atoms with Gasteiger partial charge in [-0.15, -0.1) is 0 Å². The van der Waals surface area contributed by atoms with Crippen LogP contribution < -0.4 is 10.0 Å². The minimum atomic E-state index is -2.67. The Morgan fingerprint density at radius 3 is 1.40 bits per heavy atom. The second kappa shape index (κ2) is 5.43. The van der Waals surface area contributed by atoms with E-state index in [2.05, 4.69) is 0 Å². The second-order valence-electron chi connectivity index (χ2n) is 0.307. The van der Waals surface area contributed by atoms with Crippen molar-refractivity contribution in [3.05, 3.63) is 0 Å². The number of hydrogen-bond acceptors (Lipinski definition) is 3. The fourth-order valence-electron chi connectivity index (χ4n) is 0. The van der Waals surface area contributed by atoms with Crippen molar-refractivity contribution < 1.29 is 15.1 Å². The molecule has 0 fully saturated rings. The molecule has 0 saturated heterocycles. The van der Waals surface area contributed by atoms with Gasteiger partial charge in [-0.05, 0) is 0 Å². The van der Waals surface area contributed by atoms with Gasteiger partial charge in [0.25, 0.3) is 0 Å². The van der Waals surface area contributed by atoms with Crippen LogP contribution in [-0.2, 0) is 0 Å². The third kappa shape index (κ3) is 31.3. The third-order valence-corrected chi connectivity index (χ3v) is 0. The molecule has 0 aliphatic rings. The van der Waals surface area contributed by atoms with Gasteiger partial charge in [0.1, 0.15) is 0 Å². The molecule has 3 nitrogen and oxygen atoms in total. The van der Waals surface area contributed by atoms with Crippen LogP contribution in [0.25, 0.3) is 0 Å². The van der Waals surface area contributed by atoms with Crippen molar-refractivity contribution in [1.29, 1.82) is 0 Å². The monoisotopic (exact) mass is 148 g/mol. The van der Waals surface area contributed by atoms with Gasteiger partial charge in [0, 0.05) is 0 Å². The average molecular weight is 147 g/mol. The Kier molecular flexibility index (Phi) is 10.5. The fraction of sp³-hybridized carbons (Fsp3) is 0. The van der Waals surface area contributed by atoms with Gasteiger partial charge in [0.2, 0.25) is 0 Å². The zero-order valence-corrected chi connectivity index (χ0v) is 6.02. The predicted molar refractivity (Wildman–Crippen MR) is 13.7 cm³/mol. The van der Waals surface area contributed by atoms with E-state index in [0.29, 0.717) is 0 Å². The molecule has 0 unspecified atom stereocenters. The Morgan fingerprint density at radius 2 is 1.40 bits per heavy atom. The molecule has 0 amide bonds. The van der Waals surface area contributed by atoms with Crippen molar-refractivity contribution in [2.24, 2.45) is 0 Å². The molecule has 0 atom stereocenters. The van der Waals surface area contributed by atoms with Crippen LogP contribution in [-0.4, -0.2) is 57.8 Å². The minimum absolute atomic E-state index is 0. The van der Waals surface area contributed by atoms with Crippen molar-refractivity contribution in [3.63, 3.8) is 0 Å². The molecule has 0 rings (SSSR count). The normalized spacial score (nSPS) is 5.40. The zero-order valence-electron chi connectivity index (χ0n) is 2.55. The molecule has 0 spiro atoms.